The summed E-state index contributed by atoms with van der Waals surface area (Å²) in [4.78, 5) is 19.0. The summed E-state index contributed by atoms with van der Waals surface area (Å²) in [5.74, 6) is 1.34. The normalized spacial score (nSPS) is 19.2. The first kappa shape index (κ1) is 17.7. The van der Waals surface area contributed by atoms with Crippen molar-refractivity contribution in [2.24, 2.45) is 0 Å². The zero-order valence-electron chi connectivity index (χ0n) is 14.8. The second-order valence-corrected chi connectivity index (χ2v) is 6.69. The third-order valence-corrected chi connectivity index (χ3v) is 4.24. The fourth-order valence-electron chi connectivity index (χ4n) is 3.03. The molecule has 0 bridgehead atoms. The van der Waals surface area contributed by atoms with Gasteiger partial charge in [0.1, 0.15) is 12.3 Å². The maximum Gasteiger partial charge on any atom is 0.407 e. The molecule has 2 heterocycles. The van der Waals surface area contributed by atoms with Crippen molar-refractivity contribution in [3.05, 3.63) is 41.5 Å². The second-order valence-electron chi connectivity index (χ2n) is 6.69. The van der Waals surface area contributed by atoms with Crippen LogP contribution in [-0.4, -0.2) is 33.4 Å². The van der Waals surface area contributed by atoms with Gasteiger partial charge in [-0.15, -0.1) is 4.98 Å². The Morgan fingerprint density at radius 2 is 2.27 bits per heavy atom. The summed E-state index contributed by atoms with van der Waals surface area (Å²) in [5.41, 5.74) is 1.79. The first-order valence-electron chi connectivity index (χ1n) is 8.66. The van der Waals surface area contributed by atoms with E-state index >= 15 is 0 Å². The van der Waals surface area contributed by atoms with Crippen LogP contribution in [0.2, 0.25) is 0 Å². The van der Waals surface area contributed by atoms with Crippen LogP contribution in [0.4, 0.5) is 22.1 Å². The summed E-state index contributed by atoms with van der Waals surface area (Å²) in [6, 6.07) is 5.48. The van der Waals surface area contributed by atoms with Crippen molar-refractivity contribution in [2.75, 3.05) is 5.32 Å². The average Bonchev–Trinajstić information content (AvgIpc) is 3.24. The van der Waals surface area contributed by atoms with Crippen molar-refractivity contribution in [3.8, 4) is 0 Å². The van der Waals surface area contributed by atoms with Gasteiger partial charge in [-0.3, -0.25) is 5.10 Å². The molecular formula is C18H22N6O2. The molecular weight excluding hydrogens is 332 g/mol. The van der Waals surface area contributed by atoms with Crippen molar-refractivity contribution in [1.82, 2.24) is 20.5 Å². The number of H-pyrrole nitrogens is 1. The minimum absolute atomic E-state index is 0.0659. The van der Waals surface area contributed by atoms with Crippen LogP contribution in [0, 0.1) is 6.57 Å². The quantitative estimate of drug-likeness (QED) is 0.708. The van der Waals surface area contributed by atoms with Crippen LogP contribution in [0.3, 0.4) is 0 Å². The number of ether oxygens (including phenoxy) is 1. The van der Waals surface area contributed by atoms with Gasteiger partial charge in [0.15, 0.2) is 5.82 Å². The van der Waals surface area contributed by atoms with Gasteiger partial charge >= 0.3 is 6.09 Å². The van der Waals surface area contributed by atoms with Crippen molar-refractivity contribution in [2.45, 2.75) is 51.2 Å². The Morgan fingerprint density at radius 1 is 1.42 bits per heavy atom. The fourth-order valence-corrected chi connectivity index (χ4v) is 3.03. The molecule has 2 aromatic rings. The molecule has 3 N–H and O–H groups in total. The molecule has 0 spiro atoms. The number of hydrogen-bond acceptors (Lipinski definition) is 5. The summed E-state index contributed by atoms with van der Waals surface area (Å²) < 4.78 is 5.47. The maximum atomic E-state index is 11.7. The summed E-state index contributed by atoms with van der Waals surface area (Å²) in [7, 11) is 0. The molecule has 1 aliphatic carbocycles. The number of nitrogens with one attached hydrogen (secondary N) is 3. The van der Waals surface area contributed by atoms with E-state index in [0.717, 1.165) is 30.6 Å². The lowest BCUT2D eigenvalue weighted by Gasteiger charge is -2.14. The first-order chi connectivity index (χ1) is 12.5. The molecule has 8 nitrogen and oxygen atoms in total. The highest BCUT2D eigenvalue weighted by molar-refractivity contribution is 5.67. The van der Waals surface area contributed by atoms with Crippen LogP contribution in [0.5, 0.6) is 0 Å². The molecule has 136 valence electrons. The molecule has 0 saturated heterocycles. The number of aromatic amines is 1. The van der Waals surface area contributed by atoms with E-state index in [1.54, 1.807) is 18.3 Å². The molecule has 0 aromatic carbocycles. The van der Waals surface area contributed by atoms with E-state index in [4.69, 9.17) is 11.3 Å². The maximum absolute atomic E-state index is 11.7. The molecule has 8 heteroatoms. The fraction of sp³-hybridized carbons (Fsp3) is 0.444. The van der Waals surface area contributed by atoms with Gasteiger partial charge in [-0.1, -0.05) is 6.57 Å². The van der Waals surface area contributed by atoms with Crippen molar-refractivity contribution < 1.29 is 9.53 Å². The van der Waals surface area contributed by atoms with Gasteiger partial charge in [-0.25, -0.2) is 4.79 Å². The SMILES string of the molecule is [C-]#[N+]c1ccc(Nc2cc(C3CCC(OC(=O)NC(C)C)C3)[nH]n2)cn1. The van der Waals surface area contributed by atoms with E-state index < -0.39 is 0 Å². The summed E-state index contributed by atoms with van der Waals surface area (Å²) >= 11 is 0. The first-order valence-corrected chi connectivity index (χ1v) is 8.66. The zero-order valence-corrected chi connectivity index (χ0v) is 14.8. The summed E-state index contributed by atoms with van der Waals surface area (Å²) in [6.07, 6.45) is 3.77. The zero-order chi connectivity index (χ0) is 18.5. The molecule has 0 radical (unpaired) electrons. The van der Waals surface area contributed by atoms with Gasteiger partial charge in [0.2, 0.25) is 0 Å². The molecule has 1 amide bonds. The lowest BCUT2D eigenvalue weighted by molar-refractivity contribution is 0.0981. The molecule has 2 atom stereocenters. The highest BCUT2D eigenvalue weighted by Gasteiger charge is 2.30. The number of pyridine rings is 1. The van der Waals surface area contributed by atoms with Gasteiger partial charge in [0.25, 0.3) is 5.82 Å². The molecule has 2 aromatic heterocycles. The van der Waals surface area contributed by atoms with E-state index in [2.05, 4.69) is 30.7 Å². The lowest BCUT2D eigenvalue weighted by atomic mass is 10.0. The predicted octanol–water partition coefficient (Wildman–Crippen LogP) is 3.87. The highest BCUT2D eigenvalue weighted by atomic mass is 16.6. The van der Waals surface area contributed by atoms with Crippen LogP contribution in [0.1, 0.15) is 44.7 Å². The molecule has 1 saturated carbocycles. The topological polar surface area (TPSA) is 96.3 Å². The Hall–Kier alpha value is -3.08. The van der Waals surface area contributed by atoms with Crippen LogP contribution in [-0.2, 0) is 4.74 Å². The van der Waals surface area contributed by atoms with Crippen LogP contribution >= 0.6 is 0 Å². The van der Waals surface area contributed by atoms with Gasteiger partial charge in [0.05, 0.1) is 5.69 Å². The van der Waals surface area contributed by atoms with Crippen LogP contribution < -0.4 is 10.6 Å². The average molecular weight is 354 g/mol. The van der Waals surface area contributed by atoms with Crippen LogP contribution in [0.15, 0.2) is 24.4 Å². The summed E-state index contributed by atoms with van der Waals surface area (Å²) in [6.45, 7) is 10.7. The largest absolute Gasteiger partial charge is 0.446 e. The van der Waals surface area contributed by atoms with Crippen molar-refractivity contribution in [1.29, 1.82) is 0 Å². The van der Waals surface area contributed by atoms with Gasteiger partial charge in [0, 0.05) is 23.7 Å². The second kappa shape index (κ2) is 7.87. The Morgan fingerprint density at radius 3 is 2.96 bits per heavy atom. The van der Waals surface area contributed by atoms with E-state index in [-0.39, 0.29) is 24.2 Å². The Labute approximate surface area is 152 Å². The smallest absolute Gasteiger partial charge is 0.407 e. The van der Waals surface area contributed by atoms with E-state index in [9.17, 15) is 4.79 Å². The molecule has 2 unspecified atom stereocenters. The monoisotopic (exact) mass is 354 g/mol. The minimum Gasteiger partial charge on any atom is -0.446 e. The van der Waals surface area contributed by atoms with Crippen molar-refractivity contribution >= 4 is 23.4 Å². The number of alkyl carbamates (subject to hydrolysis) is 1. The Bertz CT molecular complexity index is 793. The third kappa shape index (κ3) is 4.51. The number of carbonyl (C=O) groups excluding carboxylic acids is 1. The standard InChI is InChI=1S/C18H22N6O2/c1-11(2)21-18(25)26-14-6-4-12(8-14)15-9-17(24-23-15)22-13-5-7-16(19-3)20-10-13/h5,7,9-12,14H,4,6,8H2,1-2H3,(H,21,25)(H2,22,23,24). The number of aromatic nitrogens is 3. The molecule has 1 fully saturated rings. The summed E-state index contributed by atoms with van der Waals surface area (Å²) in [5, 5.41) is 13.2. The number of rotatable bonds is 5. The molecule has 26 heavy (non-hydrogen) atoms. The molecule has 1 aliphatic rings. The van der Waals surface area contributed by atoms with Gasteiger partial charge < -0.3 is 20.2 Å². The number of anilines is 2. The van der Waals surface area contributed by atoms with Crippen molar-refractivity contribution in [3.63, 3.8) is 0 Å². The van der Waals surface area contributed by atoms with Gasteiger partial charge in [-0.05, 0) is 45.2 Å². The molecule has 0 aliphatic heterocycles. The minimum atomic E-state index is -0.354. The number of hydrogen-bond donors (Lipinski definition) is 3. The van der Waals surface area contributed by atoms with Gasteiger partial charge in [-0.2, -0.15) is 5.10 Å². The number of carbonyl (C=O) groups is 1. The third-order valence-electron chi connectivity index (χ3n) is 4.24. The van der Waals surface area contributed by atoms with Crippen LogP contribution in [0.25, 0.3) is 4.85 Å². The highest BCUT2D eigenvalue weighted by Crippen LogP contribution is 2.36. The van der Waals surface area contributed by atoms with E-state index in [0.29, 0.717) is 11.6 Å². The Kier molecular flexibility index (Phi) is 5.37. The lowest BCUT2D eigenvalue weighted by Crippen LogP contribution is -2.33. The molecule has 3 rings (SSSR count). The number of amides is 1. The van der Waals surface area contributed by atoms with E-state index in [1.807, 2.05) is 19.9 Å². The van der Waals surface area contributed by atoms with E-state index in [1.165, 1.54) is 0 Å². The number of nitrogens with zero attached hydrogens (tertiary/aromatic N) is 3. The predicted molar refractivity (Wildman–Crippen MR) is 97.5 cm³/mol. The Balaban J connectivity index is 1.55.